The lowest BCUT2D eigenvalue weighted by atomic mass is 9.92. The Morgan fingerprint density at radius 1 is 1.23 bits per heavy atom. The summed E-state index contributed by atoms with van der Waals surface area (Å²) in [6, 6.07) is 4.59. The third-order valence-electron chi connectivity index (χ3n) is 5.29. The van der Waals surface area contributed by atoms with Crippen molar-refractivity contribution in [3.63, 3.8) is 0 Å². The van der Waals surface area contributed by atoms with Gasteiger partial charge in [-0.2, -0.15) is 0 Å². The van der Waals surface area contributed by atoms with Crippen molar-refractivity contribution in [2.75, 3.05) is 18.4 Å². The lowest BCUT2D eigenvalue weighted by Crippen LogP contribution is -2.47. The number of halogens is 1. The van der Waals surface area contributed by atoms with Gasteiger partial charge in [0.2, 0.25) is 0 Å². The molecular formula is C19H27FN4O2. The molecule has 1 aromatic rings. The lowest BCUT2D eigenvalue weighted by molar-refractivity contribution is -0.126. The number of hydrogen-bond acceptors (Lipinski definition) is 5. The number of amides is 1. The third-order valence-corrected chi connectivity index (χ3v) is 5.29. The van der Waals surface area contributed by atoms with Crippen LogP contribution in [0.5, 0.6) is 0 Å². The average Bonchev–Trinajstić information content (AvgIpc) is 2.69. The maximum atomic E-state index is 13.4. The lowest BCUT2D eigenvalue weighted by Gasteiger charge is -2.40. The molecule has 26 heavy (non-hydrogen) atoms. The molecular weight excluding hydrogens is 335 g/mol. The predicted molar refractivity (Wildman–Crippen MR) is 98.3 cm³/mol. The smallest absolute Gasteiger partial charge is 0.303 e. The summed E-state index contributed by atoms with van der Waals surface area (Å²) in [6.45, 7) is 2.23. The van der Waals surface area contributed by atoms with E-state index < -0.39 is 11.7 Å². The highest BCUT2D eigenvalue weighted by molar-refractivity contribution is 5.94. The van der Waals surface area contributed by atoms with E-state index in [-0.39, 0.29) is 0 Å². The summed E-state index contributed by atoms with van der Waals surface area (Å²) in [4.78, 5) is 17.9. The molecule has 1 aromatic heterocycles. The number of carbonyl (C=O) groups is 1. The molecule has 3 rings (SSSR count). The second-order valence-corrected chi connectivity index (χ2v) is 7.18. The number of likely N-dealkylation sites (tertiary alicyclic amines) is 1. The molecule has 1 saturated heterocycles. The van der Waals surface area contributed by atoms with Crippen LogP contribution in [0.15, 0.2) is 24.2 Å². The Labute approximate surface area is 153 Å². The van der Waals surface area contributed by atoms with Crippen molar-refractivity contribution in [1.82, 2.24) is 15.4 Å². The molecule has 2 heterocycles. The van der Waals surface area contributed by atoms with E-state index in [0.29, 0.717) is 11.6 Å². The first-order valence-corrected chi connectivity index (χ1v) is 9.44. The van der Waals surface area contributed by atoms with Crippen LogP contribution in [0.3, 0.4) is 0 Å². The molecule has 1 aliphatic carbocycles. The standard InChI is InChI=1S/C19H27FN4O2/c20-17(19(25)23-26)11-14-8-9-18(21-12-14)22-15-5-4-10-24(13-15)16-6-2-1-3-7-16/h8-9,11-12,15-16,26H,1-7,10,13H2,(H,21,22)(H,23,25)/b17-11+/t15-/m1/s1. The molecule has 0 unspecified atom stereocenters. The largest absolute Gasteiger partial charge is 0.366 e. The number of nitrogens with zero attached hydrogens (tertiary/aromatic N) is 2. The van der Waals surface area contributed by atoms with Gasteiger partial charge in [0.15, 0.2) is 5.83 Å². The maximum Gasteiger partial charge on any atom is 0.303 e. The van der Waals surface area contributed by atoms with Gasteiger partial charge in [-0.25, -0.2) is 14.9 Å². The van der Waals surface area contributed by atoms with E-state index in [4.69, 9.17) is 5.21 Å². The normalized spacial score (nSPS) is 22.8. The zero-order valence-corrected chi connectivity index (χ0v) is 15.0. The van der Waals surface area contributed by atoms with Crippen LogP contribution in [0.25, 0.3) is 6.08 Å². The predicted octanol–water partition coefficient (Wildman–Crippen LogP) is 3.11. The fourth-order valence-electron chi connectivity index (χ4n) is 3.95. The Morgan fingerprint density at radius 2 is 2.04 bits per heavy atom. The number of rotatable bonds is 5. The van der Waals surface area contributed by atoms with E-state index in [1.807, 2.05) is 0 Å². The number of anilines is 1. The maximum absolute atomic E-state index is 13.4. The van der Waals surface area contributed by atoms with Gasteiger partial charge in [0.1, 0.15) is 5.82 Å². The van der Waals surface area contributed by atoms with E-state index in [1.165, 1.54) is 56.7 Å². The van der Waals surface area contributed by atoms with Gasteiger partial charge in [0.25, 0.3) is 0 Å². The van der Waals surface area contributed by atoms with E-state index in [2.05, 4.69) is 15.2 Å². The number of nitrogens with one attached hydrogen (secondary N) is 2. The average molecular weight is 362 g/mol. The Bertz CT molecular complexity index is 629. The molecule has 1 aliphatic heterocycles. The summed E-state index contributed by atoms with van der Waals surface area (Å²) in [5, 5.41) is 11.9. The Morgan fingerprint density at radius 3 is 2.73 bits per heavy atom. The van der Waals surface area contributed by atoms with Crippen molar-refractivity contribution < 1.29 is 14.4 Å². The second-order valence-electron chi connectivity index (χ2n) is 7.18. The quantitative estimate of drug-likeness (QED) is 0.426. The molecule has 0 bridgehead atoms. The SMILES string of the molecule is O=C(NO)/C(F)=C\c1ccc(N[C@@H]2CCCN(C3CCCCC3)C2)nc1. The molecule has 3 N–H and O–H groups in total. The van der Waals surface area contributed by atoms with Crippen molar-refractivity contribution in [3.05, 3.63) is 29.7 Å². The summed E-state index contributed by atoms with van der Waals surface area (Å²) in [7, 11) is 0. The van der Waals surface area contributed by atoms with Gasteiger partial charge in [-0.3, -0.25) is 14.9 Å². The van der Waals surface area contributed by atoms with Crippen molar-refractivity contribution in [1.29, 1.82) is 0 Å². The van der Waals surface area contributed by atoms with Crippen LogP contribution in [-0.4, -0.2) is 46.2 Å². The van der Waals surface area contributed by atoms with Crippen LogP contribution in [-0.2, 0) is 4.79 Å². The monoisotopic (exact) mass is 362 g/mol. The molecule has 7 heteroatoms. The van der Waals surface area contributed by atoms with Gasteiger partial charge in [0.05, 0.1) is 0 Å². The zero-order valence-electron chi connectivity index (χ0n) is 15.0. The molecule has 1 atom stereocenters. The van der Waals surface area contributed by atoms with E-state index in [1.54, 1.807) is 12.1 Å². The van der Waals surface area contributed by atoms with Crippen molar-refractivity contribution in [2.45, 2.75) is 57.0 Å². The van der Waals surface area contributed by atoms with Crippen LogP contribution in [0.1, 0.15) is 50.5 Å². The number of pyridine rings is 1. The van der Waals surface area contributed by atoms with E-state index in [0.717, 1.165) is 30.9 Å². The highest BCUT2D eigenvalue weighted by atomic mass is 19.1. The molecule has 0 spiro atoms. The summed E-state index contributed by atoms with van der Waals surface area (Å²) in [6.07, 6.45) is 11.6. The summed E-state index contributed by atoms with van der Waals surface area (Å²) in [5.74, 6) is -1.48. The second kappa shape index (κ2) is 9.09. The number of carbonyl (C=O) groups excluding carboxylic acids is 1. The minimum atomic E-state index is -1.17. The number of aromatic nitrogens is 1. The van der Waals surface area contributed by atoms with Gasteiger partial charge in [0, 0.05) is 24.8 Å². The summed E-state index contributed by atoms with van der Waals surface area (Å²) < 4.78 is 13.4. The summed E-state index contributed by atoms with van der Waals surface area (Å²) >= 11 is 0. The number of hydrogen-bond donors (Lipinski definition) is 3. The minimum Gasteiger partial charge on any atom is -0.366 e. The van der Waals surface area contributed by atoms with Gasteiger partial charge in [-0.15, -0.1) is 0 Å². The van der Waals surface area contributed by atoms with Gasteiger partial charge in [-0.05, 0) is 56.0 Å². The molecule has 1 amide bonds. The highest BCUT2D eigenvalue weighted by Gasteiger charge is 2.26. The van der Waals surface area contributed by atoms with Crippen LogP contribution in [0.4, 0.5) is 10.2 Å². The number of hydroxylamine groups is 1. The van der Waals surface area contributed by atoms with E-state index in [9.17, 15) is 9.18 Å². The van der Waals surface area contributed by atoms with Crippen LogP contribution in [0.2, 0.25) is 0 Å². The number of piperidine rings is 1. The highest BCUT2D eigenvalue weighted by Crippen LogP contribution is 2.26. The van der Waals surface area contributed by atoms with Crippen molar-refractivity contribution in [2.24, 2.45) is 0 Å². The molecule has 6 nitrogen and oxygen atoms in total. The minimum absolute atomic E-state index is 0.372. The van der Waals surface area contributed by atoms with Crippen LogP contribution >= 0.6 is 0 Å². The molecule has 2 fully saturated rings. The van der Waals surface area contributed by atoms with Crippen molar-refractivity contribution in [3.8, 4) is 0 Å². The van der Waals surface area contributed by atoms with Gasteiger partial charge >= 0.3 is 5.91 Å². The van der Waals surface area contributed by atoms with Crippen LogP contribution in [0, 0.1) is 0 Å². The fraction of sp³-hybridized carbons (Fsp3) is 0.579. The van der Waals surface area contributed by atoms with Gasteiger partial charge in [-0.1, -0.05) is 19.3 Å². The zero-order chi connectivity index (χ0) is 18.4. The Hall–Kier alpha value is -1.99. The molecule has 2 aliphatic rings. The fourth-order valence-corrected chi connectivity index (χ4v) is 3.95. The van der Waals surface area contributed by atoms with Gasteiger partial charge < -0.3 is 5.32 Å². The first-order valence-electron chi connectivity index (χ1n) is 9.44. The Balaban J connectivity index is 1.55. The molecule has 0 aromatic carbocycles. The van der Waals surface area contributed by atoms with E-state index >= 15 is 0 Å². The summed E-state index contributed by atoms with van der Waals surface area (Å²) in [5.41, 5.74) is 1.72. The Kier molecular flexibility index (Phi) is 6.57. The van der Waals surface area contributed by atoms with Crippen LogP contribution < -0.4 is 10.8 Å². The molecule has 1 saturated carbocycles. The van der Waals surface area contributed by atoms with Crippen molar-refractivity contribution >= 4 is 17.8 Å². The first kappa shape index (κ1) is 18.8. The molecule has 0 radical (unpaired) electrons. The first-order chi connectivity index (χ1) is 12.7. The topological polar surface area (TPSA) is 77.5 Å². The molecule has 142 valence electrons. The third kappa shape index (κ3) is 5.02.